The highest BCUT2D eigenvalue weighted by molar-refractivity contribution is 8.34. The van der Waals surface area contributed by atoms with Crippen LogP contribution in [-0.4, -0.2) is 4.98 Å². The Morgan fingerprint density at radius 2 is 0.925 bits per heavy atom. The lowest BCUT2D eigenvalue weighted by molar-refractivity contribution is 1.12. The smallest absolute Gasteiger partial charge is 0.0788 e. The van der Waals surface area contributed by atoms with Crippen molar-refractivity contribution in [2.45, 2.75) is 70.9 Å². The number of pyridine rings is 1. The largest absolute Gasteiger partial charge is 0.309 e. The summed E-state index contributed by atoms with van der Waals surface area (Å²) in [6.45, 7) is 12.3. The van der Waals surface area contributed by atoms with Crippen LogP contribution < -0.4 is 9.80 Å². The van der Waals surface area contributed by atoms with Crippen molar-refractivity contribution >= 4 is 66.7 Å². The first-order valence-corrected chi connectivity index (χ1v) is 30.2. The van der Waals surface area contributed by atoms with Crippen LogP contribution in [0, 0.1) is 13.8 Å². The Hall–Kier alpha value is -8.87. The fraction of sp³-hybridized carbons (Fsp3) is 0.0800. The molecule has 80 heavy (non-hydrogen) atoms. The van der Waals surface area contributed by atoms with E-state index in [0.29, 0.717) is 0 Å². The van der Waals surface area contributed by atoms with Gasteiger partial charge in [0.1, 0.15) is 0 Å². The van der Waals surface area contributed by atoms with Crippen molar-refractivity contribution in [2.75, 3.05) is 9.80 Å². The van der Waals surface area contributed by atoms with Gasteiger partial charge in [-0.2, -0.15) is 0 Å². The van der Waals surface area contributed by atoms with Crippen molar-refractivity contribution < 1.29 is 0 Å². The van der Waals surface area contributed by atoms with Gasteiger partial charge in [0.05, 0.1) is 28.5 Å². The molecule has 0 atom stereocenters. The second-order valence-electron chi connectivity index (χ2n) is 18.8. The summed E-state index contributed by atoms with van der Waals surface area (Å²) in [5.74, 6) is 0. The average molecular weight is 1070 g/mol. The number of benzene rings is 11. The van der Waals surface area contributed by atoms with Crippen molar-refractivity contribution in [3.8, 4) is 22.5 Å². The van der Waals surface area contributed by atoms with Crippen molar-refractivity contribution in [3.63, 3.8) is 0 Å². The summed E-state index contributed by atoms with van der Waals surface area (Å²) in [4.78, 5) is 18.1. The minimum atomic E-state index is -1.87. The summed E-state index contributed by atoms with van der Waals surface area (Å²) >= 11 is 1.78. The Bertz CT molecular complexity index is 3870. The van der Waals surface area contributed by atoms with Gasteiger partial charge in [0.15, 0.2) is 0 Å². The molecule has 0 unspecified atom stereocenters. The maximum Gasteiger partial charge on any atom is 0.0788 e. The predicted molar refractivity (Wildman–Crippen MR) is 345 cm³/mol. The van der Waals surface area contributed by atoms with Crippen molar-refractivity contribution in [1.82, 2.24) is 4.98 Å². The molecule has 0 N–H and O–H groups in total. The first kappa shape index (κ1) is 54.5. The highest BCUT2D eigenvalue weighted by Gasteiger charge is 2.42. The van der Waals surface area contributed by atoms with Crippen LogP contribution in [0.1, 0.15) is 38.8 Å². The molecule has 0 aliphatic carbocycles. The van der Waals surface area contributed by atoms with Crippen LogP contribution in [-0.2, 0) is 0 Å². The highest BCUT2D eigenvalue weighted by Crippen LogP contribution is 2.79. The van der Waals surface area contributed by atoms with Crippen LogP contribution >= 0.6 is 21.8 Å². The molecule has 0 radical (unpaired) electrons. The lowest BCUT2D eigenvalue weighted by atomic mass is 10.00. The molecule has 0 bridgehead atoms. The molecule has 0 saturated heterocycles. The zero-order chi connectivity index (χ0) is 55.3. The fourth-order valence-corrected chi connectivity index (χ4v) is 15.6. The van der Waals surface area contributed by atoms with Gasteiger partial charge in [-0.05, 0) is 134 Å². The Kier molecular flexibility index (Phi) is 17.5. The maximum absolute atomic E-state index is 5.62. The van der Waals surface area contributed by atoms with E-state index in [-0.39, 0.29) is 0 Å². The topological polar surface area (TPSA) is 19.4 Å². The fourth-order valence-electron chi connectivity index (χ4n) is 10.5. The number of anilines is 6. The van der Waals surface area contributed by atoms with Crippen LogP contribution in [0.15, 0.2) is 327 Å². The third kappa shape index (κ3) is 11.1. The summed E-state index contributed by atoms with van der Waals surface area (Å²) in [6, 6.07) is 107. The molecule has 0 amide bonds. The van der Waals surface area contributed by atoms with Gasteiger partial charge in [0, 0.05) is 62.9 Å². The average Bonchev–Trinajstić information content (AvgIpc) is 3.68. The summed E-state index contributed by atoms with van der Waals surface area (Å²) in [7, 11) is -1.87. The van der Waals surface area contributed by atoms with Crippen molar-refractivity contribution in [3.05, 3.63) is 308 Å². The van der Waals surface area contributed by atoms with Crippen LogP contribution in [0.2, 0.25) is 0 Å². The predicted octanol–water partition coefficient (Wildman–Crippen LogP) is 22.7. The first-order chi connectivity index (χ1) is 39.5. The van der Waals surface area contributed by atoms with E-state index >= 15 is 0 Å². The Balaban J connectivity index is 0.000000598. The molecule has 394 valence electrons. The van der Waals surface area contributed by atoms with Gasteiger partial charge in [-0.25, -0.2) is 4.98 Å². The van der Waals surface area contributed by atoms with Crippen LogP contribution in [0.4, 0.5) is 34.1 Å². The molecule has 11 aromatic carbocycles. The highest BCUT2D eigenvalue weighted by atomic mass is 32.3. The standard InChI is InChI=1S/C64H47N3S2.C7H8.2C2H6/c1-46-23-11-14-36-57(46)66(58-37-15-18-40-61(58)68-52-29-5-2-6-30-52)50-27-21-25-48(43-50)56-45-47-24-12-13-35-55(47)64(65-56)49-26-22-28-51(44-49)67-59-38-16-19-41-62(59)69(53-31-7-3-8-32-53,54-33-9-4-10-34-54)63-42-20-17-39-60(63)67;1-7-5-3-2-4-6-7;2*1-2/h2-45H,1H3;2-6H,1H3;2*1-2H3. The second kappa shape index (κ2) is 25.7. The van der Waals surface area contributed by atoms with E-state index in [0.717, 1.165) is 56.0 Å². The van der Waals surface area contributed by atoms with E-state index in [1.807, 2.05) is 45.9 Å². The van der Waals surface area contributed by atoms with Crippen LogP contribution in [0.3, 0.4) is 0 Å². The molecule has 13 rings (SSSR count). The number of nitrogens with zero attached hydrogens (tertiary/aromatic N) is 3. The third-order valence-electron chi connectivity index (χ3n) is 14.0. The van der Waals surface area contributed by atoms with E-state index < -0.39 is 10.0 Å². The Morgan fingerprint density at radius 1 is 0.412 bits per heavy atom. The number of hydrogen-bond acceptors (Lipinski definition) is 4. The summed E-state index contributed by atoms with van der Waals surface area (Å²) < 4.78 is 0. The monoisotopic (exact) mass is 1070 g/mol. The number of para-hydroxylation sites is 4. The molecular formula is C75H67N3S2. The molecule has 0 spiro atoms. The molecule has 3 nitrogen and oxygen atoms in total. The van der Waals surface area contributed by atoms with Gasteiger partial charge < -0.3 is 9.80 Å². The zero-order valence-corrected chi connectivity index (χ0v) is 48.1. The molecule has 12 aromatic rings. The number of aryl methyl sites for hydroxylation is 2. The zero-order valence-electron chi connectivity index (χ0n) is 46.4. The van der Waals surface area contributed by atoms with Crippen molar-refractivity contribution in [1.29, 1.82) is 0 Å². The summed E-state index contributed by atoms with van der Waals surface area (Å²) in [5, 5.41) is 2.25. The lowest BCUT2D eigenvalue weighted by Gasteiger charge is -2.49. The molecule has 2 heterocycles. The van der Waals surface area contributed by atoms with E-state index in [2.05, 4.69) is 303 Å². The maximum atomic E-state index is 5.62. The third-order valence-corrected chi connectivity index (χ3v) is 19.0. The quantitative estimate of drug-likeness (QED) is 0.136. The minimum Gasteiger partial charge on any atom is -0.309 e. The second-order valence-corrected chi connectivity index (χ2v) is 23.0. The minimum absolute atomic E-state index is 0.917. The van der Waals surface area contributed by atoms with E-state index in [1.54, 1.807) is 11.8 Å². The van der Waals surface area contributed by atoms with Gasteiger partial charge in [-0.1, -0.05) is 233 Å². The van der Waals surface area contributed by atoms with E-state index in [1.165, 1.54) is 51.9 Å². The normalized spacial score (nSPS) is 12.2. The van der Waals surface area contributed by atoms with Gasteiger partial charge >= 0.3 is 0 Å². The molecule has 1 aliphatic heterocycles. The number of aromatic nitrogens is 1. The Morgan fingerprint density at radius 3 is 1.55 bits per heavy atom. The van der Waals surface area contributed by atoms with E-state index in [4.69, 9.17) is 4.98 Å². The number of rotatable bonds is 10. The van der Waals surface area contributed by atoms with Gasteiger partial charge in [0.2, 0.25) is 0 Å². The molecular weight excluding hydrogens is 1010 g/mol. The van der Waals surface area contributed by atoms with Crippen LogP contribution in [0.5, 0.6) is 0 Å². The lowest BCUT2D eigenvalue weighted by Crippen LogP contribution is -2.21. The van der Waals surface area contributed by atoms with E-state index in [9.17, 15) is 0 Å². The molecule has 5 heteroatoms. The molecule has 0 saturated carbocycles. The molecule has 1 aliphatic rings. The first-order valence-electron chi connectivity index (χ1n) is 27.8. The Labute approximate surface area is 480 Å². The molecule has 0 fully saturated rings. The van der Waals surface area contributed by atoms with Gasteiger partial charge in [-0.3, -0.25) is 0 Å². The summed E-state index contributed by atoms with van der Waals surface area (Å²) in [5.41, 5.74) is 13.2. The van der Waals surface area contributed by atoms with Crippen LogP contribution in [0.25, 0.3) is 33.3 Å². The number of fused-ring (bicyclic) bond motifs is 3. The van der Waals surface area contributed by atoms with Crippen molar-refractivity contribution in [2.24, 2.45) is 0 Å². The molecule has 1 aromatic heterocycles. The number of hydrogen-bond donors (Lipinski definition) is 0. The van der Waals surface area contributed by atoms with Gasteiger partial charge in [0.25, 0.3) is 0 Å². The SMILES string of the molecule is CC.CC.Cc1ccccc1.Cc1ccccc1N(c1cccc(-c2cc3ccccc3c(-c3cccc(N4c5ccccc5S(c5ccccc5)(c5ccccc5)c5ccccc54)c3)n2)c1)c1ccccc1Sc1ccccc1. The summed E-state index contributed by atoms with van der Waals surface area (Å²) in [6.07, 6.45) is 0. The van der Waals surface area contributed by atoms with Gasteiger partial charge in [-0.15, -0.1) is 10.0 Å².